The first-order valence-corrected chi connectivity index (χ1v) is 5.47. The van der Waals surface area contributed by atoms with Gasteiger partial charge in [0.05, 0.1) is 0 Å². The fourth-order valence-corrected chi connectivity index (χ4v) is 2.18. The largest absolute Gasteiger partial charge is 0.458 e. The minimum absolute atomic E-state index is 0.672. The summed E-state index contributed by atoms with van der Waals surface area (Å²) in [5, 5.41) is 11.8. The van der Waals surface area contributed by atoms with Gasteiger partial charge >= 0.3 is 0 Å². The van der Waals surface area contributed by atoms with Crippen LogP contribution in [-0.2, 0) is 5.60 Å². The highest BCUT2D eigenvalue weighted by Gasteiger charge is 2.39. The van der Waals surface area contributed by atoms with Crippen LogP contribution in [0.3, 0.4) is 0 Å². The third-order valence-electron chi connectivity index (χ3n) is 3.12. The Labute approximate surface area is 92.5 Å². The Morgan fingerprint density at radius 2 is 2.07 bits per heavy atom. The van der Waals surface area contributed by atoms with Gasteiger partial charge < -0.3 is 9.52 Å². The summed E-state index contributed by atoms with van der Waals surface area (Å²) in [7, 11) is 0. The smallest absolute Gasteiger partial charge is 0.136 e. The fraction of sp³-hybridized carbons (Fsp3) is 0.333. The Morgan fingerprint density at radius 1 is 1.27 bits per heavy atom. The molecule has 0 aliphatic heterocycles. The molecular formula is C12H11ClO2. The van der Waals surface area contributed by atoms with Gasteiger partial charge in [-0.25, -0.2) is 0 Å². The summed E-state index contributed by atoms with van der Waals surface area (Å²) in [6, 6.07) is 7.37. The van der Waals surface area contributed by atoms with Crippen molar-refractivity contribution in [1.29, 1.82) is 0 Å². The summed E-state index contributed by atoms with van der Waals surface area (Å²) in [6.07, 6.45) is 2.65. The first kappa shape index (κ1) is 9.25. The Morgan fingerprint density at radius 3 is 2.73 bits per heavy atom. The number of fused-ring (bicyclic) bond motifs is 1. The van der Waals surface area contributed by atoms with Crippen LogP contribution in [0.5, 0.6) is 0 Å². The Bertz CT molecular complexity index is 511. The Kier molecular flexibility index (Phi) is 1.85. The number of benzene rings is 1. The van der Waals surface area contributed by atoms with Crippen molar-refractivity contribution in [3.63, 3.8) is 0 Å². The number of aliphatic hydroxyl groups is 1. The lowest BCUT2D eigenvalue weighted by atomic mass is 9.78. The predicted octanol–water partition coefficient (Wildman–Crippen LogP) is 3.46. The maximum absolute atomic E-state index is 10.1. The van der Waals surface area contributed by atoms with Crippen molar-refractivity contribution in [2.75, 3.05) is 0 Å². The lowest BCUT2D eigenvalue weighted by Gasteiger charge is -2.34. The molecule has 0 spiro atoms. The van der Waals surface area contributed by atoms with E-state index in [4.69, 9.17) is 16.0 Å². The number of rotatable bonds is 1. The van der Waals surface area contributed by atoms with Crippen LogP contribution < -0.4 is 0 Å². The highest BCUT2D eigenvalue weighted by Crippen LogP contribution is 2.43. The molecule has 0 amide bonds. The molecule has 0 atom stereocenters. The van der Waals surface area contributed by atoms with Crippen molar-refractivity contribution in [3.05, 3.63) is 35.0 Å². The van der Waals surface area contributed by atoms with Gasteiger partial charge in [-0.2, -0.15) is 0 Å². The minimum atomic E-state index is -0.731. The van der Waals surface area contributed by atoms with E-state index in [0.717, 1.165) is 30.2 Å². The highest BCUT2D eigenvalue weighted by molar-refractivity contribution is 6.31. The van der Waals surface area contributed by atoms with Gasteiger partial charge in [-0.3, -0.25) is 0 Å². The van der Waals surface area contributed by atoms with Crippen molar-refractivity contribution >= 4 is 22.6 Å². The molecule has 3 rings (SSSR count). The van der Waals surface area contributed by atoms with Crippen LogP contribution in [0, 0.1) is 0 Å². The Balaban J connectivity index is 2.14. The molecular weight excluding hydrogens is 212 g/mol. The van der Waals surface area contributed by atoms with Crippen molar-refractivity contribution in [1.82, 2.24) is 0 Å². The van der Waals surface area contributed by atoms with Gasteiger partial charge in [0.1, 0.15) is 16.9 Å². The Hall–Kier alpha value is -0.990. The minimum Gasteiger partial charge on any atom is -0.458 e. The normalized spacial score (nSPS) is 19.1. The lowest BCUT2D eigenvalue weighted by Crippen LogP contribution is -2.32. The van der Waals surface area contributed by atoms with E-state index in [0.29, 0.717) is 10.8 Å². The second-order valence-electron chi connectivity index (χ2n) is 4.18. The zero-order valence-corrected chi connectivity index (χ0v) is 8.92. The molecule has 78 valence electrons. The molecule has 2 aromatic rings. The molecule has 2 nitrogen and oxygen atoms in total. The van der Waals surface area contributed by atoms with E-state index < -0.39 is 5.60 Å². The monoisotopic (exact) mass is 222 g/mol. The van der Waals surface area contributed by atoms with Crippen LogP contribution in [0.25, 0.3) is 11.0 Å². The van der Waals surface area contributed by atoms with Crippen LogP contribution >= 0.6 is 11.6 Å². The first-order chi connectivity index (χ1) is 7.17. The van der Waals surface area contributed by atoms with Gasteiger partial charge in [0.15, 0.2) is 0 Å². The number of furan rings is 1. The standard InChI is InChI=1S/C12H11ClO2/c13-9-2-3-10-8(6-9)7-11(15-10)12(14)4-1-5-12/h2-3,6-7,14H,1,4-5H2. The molecule has 0 unspecified atom stereocenters. The molecule has 1 N–H and O–H groups in total. The molecule has 0 saturated heterocycles. The van der Waals surface area contributed by atoms with Crippen LogP contribution in [0.4, 0.5) is 0 Å². The topological polar surface area (TPSA) is 33.4 Å². The zero-order chi connectivity index (χ0) is 10.5. The van der Waals surface area contributed by atoms with Gasteiger partial charge in [0.25, 0.3) is 0 Å². The predicted molar refractivity (Wildman–Crippen MR) is 59.0 cm³/mol. The van der Waals surface area contributed by atoms with Crippen LogP contribution in [0.2, 0.25) is 5.02 Å². The average molecular weight is 223 g/mol. The van der Waals surface area contributed by atoms with E-state index in [1.165, 1.54) is 0 Å². The molecule has 1 heterocycles. The molecule has 1 aliphatic carbocycles. The number of halogens is 1. The van der Waals surface area contributed by atoms with Gasteiger partial charge in [0.2, 0.25) is 0 Å². The van der Waals surface area contributed by atoms with E-state index in [1.54, 1.807) is 6.07 Å². The molecule has 0 bridgehead atoms. The second kappa shape index (κ2) is 3.00. The van der Waals surface area contributed by atoms with E-state index in [1.807, 2.05) is 18.2 Å². The van der Waals surface area contributed by atoms with E-state index >= 15 is 0 Å². The summed E-state index contributed by atoms with van der Waals surface area (Å²) in [6.45, 7) is 0. The lowest BCUT2D eigenvalue weighted by molar-refractivity contribution is -0.0555. The molecule has 1 aromatic heterocycles. The molecule has 15 heavy (non-hydrogen) atoms. The third-order valence-corrected chi connectivity index (χ3v) is 3.35. The summed E-state index contributed by atoms with van der Waals surface area (Å²) in [5.74, 6) is 0.672. The summed E-state index contributed by atoms with van der Waals surface area (Å²) in [4.78, 5) is 0. The second-order valence-corrected chi connectivity index (χ2v) is 4.61. The molecule has 1 aromatic carbocycles. The van der Waals surface area contributed by atoms with Crippen molar-refractivity contribution in [2.24, 2.45) is 0 Å². The van der Waals surface area contributed by atoms with Gasteiger partial charge in [-0.1, -0.05) is 11.6 Å². The van der Waals surface area contributed by atoms with Crippen LogP contribution in [0.1, 0.15) is 25.0 Å². The van der Waals surface area contributed by atoms with Crippen molar-refractivity contribution in [2.45, 2.75) is 24.9 Å². The first-order valence-electron chi connectivity index (χ1n) is 5.09. The number of hydrogen-bond acceptors (Lipinski definition) is 2. The summed E-state index contributed by atoms with van der Waals surface area (Å²) < 4.78 is 5.62. The van der Waals surface area contributed by atoms with E-state index in [2.05, 4.69) is 0 Å². The van der Waals surface area contributed by atoms with E-state index in [9.17, 15) is 5.11 Å². The fourth-order valence-electron chi connectivity index (χ4n) is 2.00. The van der Waals surface area contributed by atoms with Crippen molar-refractivity contribution < 1.29 is 9.52 Å². The van der Waals surface area contributed by atoms with Crippen LogP contribution in [0.15, 0.2) is 28.7 Å². The molecule has 3 heteroatoms. The molecule has 1 saturated carbocycles. The van der Waals surface area contributed by atoms with E-state index in [-0.39, 0.29) is 0 Å². The molecule has 0 radical (unpaired) electrons. The van der Waals surface area contributed by atoms with Gasteiger partial charge in [-0.15, -0.1) is 0 Å². The maximum Gasteiger partial charge on any atom is 0.136 e. The molecule has 1 fully saturated rings. The highest BCUT2D eigenvalue weighted by atomic mass is 35.5. The third kappa shape index (κ3) is 1.36. The quantitative estimate of drug-likeness (QED) is 0.802. The zero-order valence-electron chi connectivity index (χ0n) is 8.16. The average Bonchev–Trinajstić information content (AvgIpc) is 2.57. The van der Waals surface area contributed by atoms with Crippen LogP contribution in [-0.4, -0.2) is 5.11 Å². The molecule has 1 aliphatic rings. The maximum atomic E-state index is 10.1. The van der Waals surface area contributed by atoms with Gasteiger partial charge in [0, 0.05) is 10.4 Å². The SMILES string of the molecule is OC1(c2cc3cc(Cl)ccc3o2)CCC1. The summed E-state index contributed by atoms with van der Waals surface area (Å²) >= 11 is 5.89. The van der Waals surface area contributed by atoms with Crippen molar-refractivity contribution in [3.8, 4) is 0 Å². The number of hydrogen-bond donors (Lipinski definition) is 1. The van der Waals surface area contributed by atoms with Gasteiger partial charge in [-0.05, 0) is 43.5 Å². The summed E-state index contributed by atoms with van der Waals surface area (Å²) in [5.41, 5.74) is 0.0561.